The van der Waals surface area contributed by atoms with Crippen molar-refractivity contribution >= 4 is 19.7 Å². The van der Waals surface area contributed by atoms with Crippen LogP contribution in [0.1, 0.15) is 71.6 Å². The van der Waals surface area contributed by atoms with Crippen LogP contribution >= 0.6 is 0 Å². The van der Waals surface area contributed by atoms with E-state index in [1.54, 1.807) is 73.8 Å². The van der Waals surface area contributed by atoms with Crippen LogP contribution in [0.4, 0.5) is 8.78 Å². The first-order valence-electron chi connectivity index (χ1n) is 22.8. The molecular formula is C50H54F2N12O8S2. The monoisotopic (exact) mass is 1050 g/mol. The Hall–Kier alpha value is -7.54. The van der Waals surface area contributed by atoms with Crippen LogP contribution in [0.2, 0.25) is 0 Å². The van der Waals surface area contributed by atoms with E-state index in [9.17, 15) is 16.8 Å². The highest BCUT2D eigenvalue weighted by Gasteiger charge is 2.37. The van der Waals surface area contributed by atoms with Crippen molar-refractivity contribution in [1.82, 2.24) is 59.4 Å². The normalized spacial score (nSPS) is 13.4. The lowest BCUT2D eigenvalue weighted by molar-refractivity contribution is 0.0947. The van der Waals surface area contributed by atoms with Crippen molar-refractivity contribution < 1.29 is 44.6 Å². The van der Waals surface area contributed by atoms with E-state index >= 15 is 8.78 Å². The Morgan fingerprint density at radius 3 is 1.20 bits per heavy atom. The topological polar surface area (TPSA) is 244 Å². The molecule has 0 saturated heterocycles. The van der Waals surface area contributed by atoms with Gasteiger partial charge in [0.05, 0.1) is 24.7 Å². The number of ether oxygens (including phenoxy) is 4. The number of nitrogens with zero attached hydrogens (tertiary/aromatic N) is 12. The molecule has 0 amide bonds. The smallest absolute Gasteiger partial charge is 0.170 e. The van der Waals surface area contributed by atoms with E-state index in [2.05, 4.69) is 50.3 Å². The van der Waals surface area contributed by atoms with Crippen molar-refractivity contribution in [3.8, 4) is 45.6 Å². The highest BCUT2D eigenvalue weighted by atomic mass is 32.2. The Balaban J connectivity index is 0.000000216. The molecule has 388 valence electrons. The van der Waals surface area contributed by atoms with Crippen LogP contribution in [-0.4, -0.2) is 115 Å². The number of hydrogen-bond acceptors (Lipinski definition) is 18. The number of pyridine rings is 2. The molecule has 0 radical (unpaired) electrons. The standard InChI is InChI=1S/2C25H27FN6O4S/c2*1-15-9-18(13-27-10-15)25-31-30-21(32(25)22-19(26)7-6-8-20(22)35-4)14-37(33,34)17(3)23(36-5)24-28-11-16(2)12-29-24/h2*6-13,17,23H,14H2,1-5H3/t2*17-,23-/m00/s1. The van der Waals surface area contributed by atoms with E-state index in [1.807, 2.05) is 27.7 Å². The third-order valence-corrected chi connectivity index (χ3v) is 15.9. The first kappa shape index (κ1) is 54.2. The number of methoxy groups -OCH3 is 4. The minimum Gasteiger partial charge on any atom is -0.494 e. The maximum Gasteiger partial charge on any atom is 0.170 e. The Kier molecular flexibility index (Phi) is 16.9. The average Bonchev–Trinajstić information content (AvgIpc) is 3.98. The number of benzene rings is 2. The fourth-order valence-corrected chi connectivity index (χ4v) is 10.7. The maximum atomic E-state index is 15.2. The Morgan fingerprint density at radius 1 is 0.514 bits per heavy atom. The summed E-state index contributed by atoms with van der Waals surface area (Å²) in [4.78, 5) is 25.3. The van der Waals surface area contributed by atoms with Gasteiger partial charge in [0.2, 0.25) is 0 Å². The largest absolute Gasteiger partial charge is 0.494 e. The second kappa shape index (κ2) is 23.1. The molecule has 74 heavy (non-hydrogen) atoms. The van der Waals surface area contributed by atoms with Gasteiger partial charge in [0.1, 0.15) is 46.6 Å². The van der Waals surface area contributed by atoms with Gasteiger partial charge >= 0.3 is 0 Å². The number of hydrogen-bond donors (Lipinski definition) is 0. The van der Waals surface area contributed by atoms with Gasteiger partial charge in [-0.3, -0.25) is 19.1 Å². The molecule has 0 N–H and O–H groups in total. The van der Waals surface area contributed by atoms with Crippen molar-refractivity contribution in [1.29, 1.82) is 0 Å². The Morgan fingerprint density at radius 2 is 0.878 bits per heavy atom. The molecule has 0 spiro atoms. The van der Waals surface area contributed by atoms with Crippen LogP contribution in [0.5, 0.6) is 11.5 Å². The van der Waals surface area contributed by atoms with Gasteiger partial charge in [0, 0.05) is 74.9 Å². The molecule has 6 heterocycles. The summed E-state index contributed by atoms with van der Waals surface area (Å²) in [6.45, 7) is 10.4. The third kappa shape index (κ3) is 11.8. The van der Waals surface area contributed by atoms with Gasteiger partial charge in [-0.05, 0) is 100 Å². The fourth-order valence-electron chi connectivity index (χ4n) is 7.89. The van der Waals surface area contributed by atoms with Crippen molar-refractivity contribution in [2.75, 3.05) is 28.4 Å². The number of para-hydroxylation sites is 2. The molecule has 0 unspecified atom stereocenters. The van der Waals surface area contributed by atoms with Crippen LogP contribution in [0.3, 0.4) is 0 Å². The zero-order valence-electron chi connectivity index (χ0n) is 42.2. The average molecular weight is 1050 g/mol. The quantitative estimate of drug-likeness (QED) is 0.0828. The van der Waals surface area contributed by atoms with Crippen molar-refractivity contribution in [2.24, 2.45) is 0 Å². The molecule has 0 bridgehead atoms. The summed E-state index contributed by atoms with van der Waals surface area (Å²) in [5.41, 5.74) is 4.42. The molecule has 2 aromatic carbocycles. The number of halogens is 2. The van der Waals surface area contributed by atoms with Crippen molar-refractivity contribution in [3.63, 3.8) is 0 Å². The Labute approximate surface area is 427 Å². The predicted molar refractivity (Wildman–Crippen MR) is 269 cm³/mol. The van der Waals surface area contributed by atoms with E-state index in [4.69, 9.17) is 18.9 Å². The SMILES string of the molecule is COc1cccc(F)c1-n1c(CS(=O)(=O)[C@@H](C)[C@H](OC)c2ncc(C)cn2)nnc1-c1cncc(C)c1.COc1cccc(F)c1-n1c(CS(=O)(=O)[C@@H](C)[C@H](OC)c2ncc(C)cn2)nnc1-c1cncc(C)c1. The van der Waals surface area contributed by atoms with E-state index in [1.165, 1.54) is 75.7 Å². The summed E-state index contributed by atoms with van der Waals surface area (Å²) in [7, 11) is -2.26. The van der Waals surface area contributed by atoms with Gasteiger partial charge in [-0.25, -0.2) is 45.6 Å². The van der Waals surface area contributed by atoms with Gasteiger partial charge in [0.15, 0.2) is 66.3 Å². The molecule has 20 nitrogen and oxygen atoms in total. The third-order valence-electron chi connectivity index (χ3n) is 11.8. The number of aromatic nitrogens is 12. The van der Waals surface area contributed by atoms with Gasteiger partial charge in [0.25, 0.3) is 0 Å². The molecule has 0 saturated carbocycles. The molecule has 8 rings (SSSR count). The molecule has 8 aromatic rings. The van der Waals surface area contributed by atoms with Crippen LogP contribution in [0, 0.1) is 39.3 Å². The number of sulfone groups is 2. The van der Waals surface area contributed by atoms with Gasteiger partial charge < -0.3 is 18.9 Å². The molecule has 6 aromatic heterocycles. The number of aryl methyl sites for hydroxylation is 4. The summed E-state index contributed by atoms with van der Waals surface area (Å²) in [6.07, 6.45) is 11.0. The fraction of sp³-hybridized carbons (Fsp3) is 0.320. The molecule has 0 aliphatic heterocycles. The predicted octanol–water partition coefficient (Wildman–Crippen LogP) is 7.15. The summed E-state index contributed by atoms with van der Waals surface area (Å²) >= 11 is 0. The van der Waals surface area contributed by atoms with Crippen molar-refractivity contribution in [3.05, 3.63) is 155 Å². The summed E-state index contributed by atoms with van der Waals surface area (Å²) in [6, 6.07) is 12.3. The van der Waals surface area contributed by atoms with Crippen LogP contribution in [0.15, 0.2) is 98.1 Å². The van der Waals surface area contributed by atoms with Crippen LogP contribution < -0.4 is 9.47 Å². The summed E-state index contributed by atoms with van der Waals surface area (Å²) in [5.74, 6) is -1.03. The lowest BCUT2D eigenvalue weighted by Gasteiger charge is -2.22. The van der Waals surface area contributed by atoms with Crippen LogP contribution in [0.25, 0.3) is 34.2 Å². The van der Waals surface area contributed by atoms with Crippen molar-refractivity contribution in [2.45, 2.75) is 75.8 Å². The van der Waals surface area contributed by atoms with E-state index in [0.717, 1.165) is 22.3 Å². The lowest BCUT2D eigenvalue weighted by Crippen LogP contribution is -2.30. The highest BCUT2D eigenvalue weighted by Crippen LogP contribution is 2.35. The molecule has 0 aliphatic carbocycles. The first-order chi connectivity index (χ1) is 35.3. The zero-order valence-corrected chi connectivity index (χ0v) is 43.8. The second-order valence-electron chi connectivity index (χ2n) is 17.2. The second-order valence-corrected chi connectivity index (χ2v) is 21.9. The van der Waals surface area contributed by atoms with Gasteiger partial charge in [-0.1, -0.05) is 12.1 Å². The molecule has 0 fully saturated rings. The number of rotatable bonds is 18. The highest BCUT2D eigenvalue weighted by molar-refractivity contribution is 7.91. The van der Waals surface area contributed by atoms with E-state index < -0.39 is 65.5 Å². The van der Waals surface area contributed by atoms with Gasteiger partial charge in [-0.15, -0.1) is 20.4 Å². The van der Waals surface area contributed by atoms with Crippen LogP contribution in [-0.2, 0) is 40.7 Å². The van der Waals surface area contributed by atoms with E-state index in [-0.39, 0.29) is 57.8 Å². The first-order valence-corrected chi connectivity index (χ1v) is 26.2. The maximum absolute atomic E-state index is 15.2. The minimum absolute atomic E-state index is 0.00508. The molecular weight excluding hydrogens is 999 g/mol. The zero-order chi connectivity index (χ0) is 53.5. The van der Waals surface area contributed by atoms with E-state index in [0.29, 0.717) is 11.1 Å². The lowest BCUT2D eigenvalue weighted by atomic mass is 10.2. The Bertz CT molecular complexity index is 3240. The van der Waals surface area contributed by atoms with Gasteiger partial charge in [-0.2, -0.15) is 0 Å². The molecule has 0 aliphatic rings. The summed E-state index contributed by atoms with van der Waals surface area (Å²) < 4.78 is 109. The molecule has 4 atom stereocenters. The molecule has 24 heteroatoms. The summed E-state index contributed by atoms with van der Waals surface area (Å²) in [5, 5.41) is 14.7. The minimum atomic E-state index is -3.93.